The van der Waals surface area contributed by atoms with E-state index in [1.165, 1.54) is 6.21 Å². The first-order valence-electron chi connectivity index (χ1n) is 9.17. The highest BCUT2D eigenvalue weighted by molar-refractivity contribution is 6.04. The third-order valence-electron chi connectivity index (χ3n) is 4.50. The van der Waals surface area contributed by atoms with Crippen LogP contribution in [0.4, 0.5) is 4.79 Å². The Morgan fingerprint density at radius 1 is 1.00 bits per heavy atom. The molecule has 0 bridgehead atoms. The zero-order chi connectivity index (χ0) is 20.6. The van der Waals surface area contributed by atoms with E-state index in [9.17, 15) is 9.59 Å². The van der Waals surface area contributed by atoms with Gasteiger partial charge in [-0.2, -0.15) is 4.99 Å². The van der Waals surface area contributed by atoms with Crippen LogP contribution in [0.3, 0.4) is 0 Å². The van der Waals surface area contributed by atoms with E-state index in [1.54, 1.807) is 36.3 Å². The Labute approximate surface area is 169 Å². The zero-order valence-electron chi connectivity index (χ0n) is 16.0. The van der Waals surface area contributed by atoms with Crippen LogP contribution in [-0.2, 0) is 6.42 Å². The van der Waals surface area contributed by atoms with Crippen molar-refractivity contribution in [1.29, 1.82) is 0 Å². The highest BCUT2D eigenvalue weighted by atomic mass is 16.4. The van der Waals surface area contributed by atoms with Crippen LogP contribution in [0, 0.1) is 0 Å². The molecule has 1 heterocycles. The van der Waals surface area contributed by atoms with Crippen molar-refractivity contribution in [3.63, 3.8) is 0 Å². The SMILES string of the molecule is CN(CCc1ccccn1)C(=O)c1ccccc1-c1ccccc1C=NC(=O)O. The average molecular weight is 387 g/mol. The molecule has 0 spiro atoms. The molecule has 146 valence electrons. The van der Waals surface area contributed by atoms with Gasteiger partial charge in [0, 0.05) is 49.2 Å². The molecule has 3 aromatic rings. The normalized spacial score (nSPS) is 10.8. The van der Waals surface area contributed by atoms with Gasteiger partial charge in [0.2, 0.25) is 0 Å². The van der Waals surface area contributed by atoms with Gasteiger partial charge < -0.3 is 10.0 Å². The summed E-state index contributed by atoms with van der Waals surface area (Å²) in [7, 11) is 1.76. The van der Waals surface area contributed by atoms with Crippen LogP contribution in [0.1, 0.15) is 21.6 Å². The molecule has 2 aromatic carbocycles. The summed E-state index contributed by atoms with van der Waals surface area (Å²) in [5.74, 6) is -0.110. The van der Waals surface area contributed by atoms with Gasteiger partial charge in [0.25, 0.3) is 5.91 Å². The molecule has 0 saturated carbocycles. The molecule has 0 atom stereocenters. The molecule has 1 N–H and O–H groups in total. The van der Waals surface area contributed by atoms with Gasteiger partial charge in [0.1, 0.15) is 0 Å². The van der Waals surface area contributed by atoms with Gasteiger partial charge in [0.15, 0.2) is 0 Å². The van der Waals surface area contributed by atoms with Gasteiger partial charge in [0.05, 0.1) is 0 Å². The van der Waals surface area contributed by atoms with Crippen molar-refractivity contribution in [3.05, 3.63) is 89.7 Å². The Kier molecular flexibility index (Phi) is 6.47. The smallest absolute Gasteiger partial charge is 0.431 e. The lowest BCUT2D eigenvalue weighted by Gasteiger charge is -2.19. The number of nitrogens with zero attached hydrogens (tertiary/aromatic N) is 3. The Morgan fingerprint density at radius 2 is 1.69 bits per heavy atom. The predicted octanol–water partition coefficient (Wildman–Crippen LogP) is 4.16. The number of pyridine rings is 1. The van der Waals surface area contributed by atoms with Gasteiger partial charge in [-0.15, -0.1) is 0 Å². The van der Waals surface area contributed by atoms with Crippen LogP contribution in [0.25, 0.3) is 11.1 Å². The molecule has 0 aliphatic rings. The second-order valence-electron chi connectivity index (χ2n) is 6.47. The van der Waals surface area contributed by atoms with E-state index in [4.69, 9.17) is 5.11 Å². The molecule has 0 unspecified atom stereocenters. The van der Waals surface area contributed by atoms with Crippen LogP contribution >= 0.6 is 0 Å². The average Bonchev–Trinajstić information content (AvgIpc) is 2.76. The summed E-state index contributed by atoms with van der Waals surface area (Å²) in [5.41, 5.74) is 3.59. The van der Waals surface area contributed by atoms with Gasteiger partial charge >= 0.3 is 6.09 Å². The molecular weight excluding hydrogens is 366 g/mol. The van der Waals surface area contributed by atoms with Crippen molar-refractivity contribution in [2.45, 2.75) is 6.42 Å². The Balaban J connectivity index is 1.87. The zero-order valence-corrected chi connectivity index (χ0v) is 16.0. The fourth-order valence-electron chi connectivity index (χ4n) is 3.02. The minimum absolute atomic E-state index is 0.110. The number of likely N-dealkylation sites (N-methyl/N-ethyl adjacent to an activating group) is 1. The quantitative estimate of drug-likeness (QED) is 0.644. The van der Waals surface area contributed by atoms with Crippen LogP contribution in [0.5, 0.6) is 0 Å². The number of aromatic nitrogens is 1. The van der Waals surface area contributed by atoms with Crippen molar-refractivity contribution in [3.8, 4) is 11.1 Å². The van der Waals surface area contributed by atoms with E-state index in [1.807, 2.05) is 48.5 Å². The summed E-state index contributed by atoms with van der Waals surface area (Å²) >= 11 is 0. The van der Waals surface area contributed by atoms with Crippen LogP contribution in [0.2, 0.25) is 0 Å². The highest BCUT2D eigenvalue weighted by Gasteiger charge is 2.17. The minimum Gasteiger partial charge on any atom is -0.463 e. The Morgan fingerprint density at radius 3 is 2.41 bits per heavy atom. The lowest BCUT2D eigenvalue weighted by molar-refractivity contribution is 0.0797. The summed E-state index contributed by atoms with van der Waals surface area (Å²) in [4.78, 5) is 33.3. The number of benzene rings is 2. The number of aliphatic imine (C=N–C) groups is 1. The number of hydrogen-bond donors (Lipinski definition) is 1. The maximum Gasteiger partial charge on any atom is 0.431 e. The fraction of sp³-hybridized carbons (Fsp3) is 0.130. The number of carbonyl (C=O) groups excluding carboxylic acids is 1. The molecule has 0 radical (unpaired) electrons. The maximum absolute atomic E-state index is 13.1. The topological polar surface area (TPSA) is 82.9 Å². The molecule has 6 nitrogen and oxygen atoms in total. The van der Waals surface area contributed by atoms with Crippen molar-refractivity contribution in [2.24, 2.45) is 4.99 Å². The van der Waals surface area contributed by atoms with Crippen molar-refractivity contribution in [2.75, 3.05) is 13.6 Å². The van der Waals surface area contributed by atoms with Gasteiger partial charge in [-0.05, 0) is 29.3 Å². The van der Waals surface area contributed by atoms with E-state index in [0.717, 1.165) is 16.8 Å². The highest BCUT2D eigenvalue weighted by Crippen LogP contribution is 2.27. The third-order valence-corrected chi connectivity index (χ3v) is 4.50. The first-order chi connectivity index (χ1) is 14.1. The lowest BCUT2D eigenvalue weighted by Crippen LogP contribution is -2.29. The summed E-state index contributed by atoms with van der Waals surface area (Å²) in [6.45, 7) is 0.534. The molecule has 0 aliphatic heterocycles. The van der Waals surface area contributed by atoms with Gasteiger partial charge in [-0.1, -0.05) is 48.5 Å². The molecular formula is C23H21N3O3. The number of rotatable bonds is 6. The largest absolute Gasteiger partial charge is 0.463 e. The monoisotopic (exact) mass is 387 g/mol. The summed E-state index contributed by atoms with van der Waals surface area (Å²) < 4.78 is 0. The third kappa shape index (κ3) is 5.13. The standard InChI is InChI=1S/C23H21N3O3/c1-26(15-13-18-9-6-7-14-24-18)22(27)21-12-5-4-11-20(21)19-10-3-2-8-17(19)16-25-23(28)29/h2-12,14,16H,13,15H2,1H3,(H,28,29). The van der Waals surface area contributed by atoms with Crippen molar-refractivity contribution in [1.82, 2.24) is 9.88 Å². The number of carboxylic acid groups (broad SMARTS) is 1. The minimum atomic E-state index is -1.27. The van der Waals surface area contributed by atoms with E-state index >= 15 is 0 Å². The number of amides is 2. The summed E-state index contributed by atoms with van der Waals surface area (Å²) in [5, 5.41) is 8.84. The molecule has 3 rings (SSSR count). The van der Waals surface area contributed by atoms with Crippen molar-refractivity contribution < 1.29 is 14.7 Å². The van der Waals surface area contributed by atoms with E-state index in [-0.39, 0.29) is 5.91 Å². The van der Waals surface area contributed by atoms with Crippen LogP contribution in [-0.4, -0.2) is 46.8 Å². The van der Waals surface area contributed by atoms with Gasteiger partial charge in [-0.3, -0.25) is 9.78 Å². The predicted molar refractivity (Wildman–Crippen MR) is 112 cm³/mol. The Hall–Kier alpha value is -3.80. The molecule has 0 saturated heterocycles. The lowest BCUT2D eigenvalue weighted by atomic mass is 9.95. The molecule has 1 aromatic heterocycles. The first-order valence-corrected chi connectivity index (χ1v) is 9.17. The molecule has 2 amide bonds. The van der Waals surface area contributed by atoms with Crippen molar-refractivity contribution >= 4 is 18.2 Å². The molecule has 0 fully saturated rings. The maximum atomic E-state index is 13.1. The Bertz CT molecular complexity index is 1030. The molecule has 0 aliphatic carbocycles. The summed E-state index contributed by atoms with van der Waals surface area (Å²) in [6, 6.07) is 20.3. The molecule has 29 heavy (non-hydrogen) atoms. The summed E-state index contributed by atoms with van der Waals surface area (Å²) in [6.07, 6.45) is 2.43. The van der Waals surface area contributed by atoms with Gasteiger partial charge in [-0.25, -0.2) is 4.79 Å². The van der Waals surface area contributed by atoms with Crippen LogP contribution < -0.4 is 0 Å². The van der Waals surface area contributed by atoms with E-state index in [2.05, 4.69) is 9.98 Å². The second-order valence-corrected chi connectivity index (χ2v) is 6.47. The number of hydrogen-bond acceptors (Lipinski definition) is 3. The van der Waals surface area contributed by atoms with Crippen LogP contribution in [0.15, 0.2) is 77.9 Å². The van der Waals surface area contributed by atoms with E-state index in [0.29, 0.717) is 24.1 Å². The van der Waals surface area contributed by atoms with E-state index < -0.39 is 6.09 Å². The second kappa shape index (κ2) is 9.41. The fourth-order valence-corrected chi connectivity index (χ4v) is 3.02. The first kappa shape index (κ1) is 19.9. The number of carbonyl (C=O) groups is 2. The molecule has 6 heteroatoms.